The average Bonchev–Trinajstić information content (AvgIpc) is 2.93. The van der Waals surface area contributed by atoms with Gasteiger partial charge in [0.15, 0.2) is 0 Å². The van der Waals surface area contributed by atoms with Crippen molar-refractivity contribution in [2.45, 2.75) is 104 Å². The number of amides is 2. The summed E-state index contributed by atoms with van der Waals surface area (Å²) >= 11 is 0. The van der Waals surface area contributed by atoms with E-state index in [9.17, 15) is 9.59 Å². The summed E-state index contributed by atoms with van der Waals surface area (Å²) in [4.78, 5) is 23.2. The van der Waals surface area contributed by atoms with Gasteiger partial charge in [0.25, 0.3) is 0 Å². The van der Waals surface area contributed by atoms with Gasteiger partial charge >= 0.3 is 0 Å². The summed E-state index contributed by atoms with van der Waals surface area (Å²) < 4.78 is 0. The Bertz CT molecular complexity index is 403. The van der Waals surface area contributed by atoms with Crippen LogP contribution < -0.4 is 5.32 Å². The molecular weight excluding hydrogens is 310 g/mol. The Hall–Kier alpha value is -1.12. The van der Waals surface area contributed by atoms with E-state index in [-0.39, 0.29) is 23.7 Å². The van der Waals surface area contributed by atoms with E-state index < -0.39 is 0 Å². The number of imide groups is 1. The smallest absolute Gasteiger partial charge is 0.230 e. The Morgan fingerprint density at radius 2 is 1.44 bits per heavy atom. The molecule has 1 aliphatic heterocycles. The van der Waals surface area contributed by atoms with Gasteiger partial charge in [-0.05, 0) is 19.3 Å². The first kappa shape index (κ1) is 21.9. The van der Waals surface area contributed by atoms with Gasteiger partial charge in [0.05, 0.1) is 5.92 Å². The molecule has 1 rings (SSSR count). The third-order valence-corrected chi connectivity index (χ3v) is 5.35. The predicted octanol–water partition coefficient (Wildman–Crippen LogP) is 5.93. The lowest BCUT2D eigenvalue weighted by atomic mass is 9.86. The van der Waals surface area contributed by atoms with Crippen LogP contribution in [0.3, 0.4) is 0 Å². The zero-order valence-corrected chi connectivity index (χ0v) is 16.5. The highest BCUT2D eigenvalue weighted by Crippen LogP contribution is 2.27. The minimum absolute atomic E-state index is 0.0768. The predicted molar refractivity (Wildman–Crippen MR) is 105 cm³/mol. The molecule has 0 aromatic heterocycles. The van der Waals surface area contributed by atoms with E-state index in [0.29, 0.717) is 6.42 Å². The van der Waals surface area contributed by atoms with Crippen LogP contribution in [0.15, 0.2) is 12.2 Å². The van der Waals surface area contributed by atoms with Gasteiger partial charge < -0.3 is 0 Å². The van der Waals surface area contributed by atoms with Crippen LogP contribution in [0, 0.1) is 11.8 Å². The van der Waals surface area contributed by atoms with Crippen molar-refractivity contribution < 1.29 is 9.59 Å². The standard InChI is InChI=1S/C22H39NO2/c1-3-5-6-7-8-9-10-11-12-13-14-15-17-19(16-4-2)20-18-21(24)23-22(20)25/h4,16,19-20H,3,5-15,17-18H2,1-2H3,(H,23,24,25)/b16-4+. The summed E-state index contributed by atoms with van der Waals surface area (Å²) in [6.45, 7) is 4.26. The van der Waals surface area contributed by atoms with Gasteiger partial charge in [-0.25, -0.2) is 0 Å². The van der Waals surface area contributed by atoms with Crippen molar-refractivity contribution in [3.8, 4) is 0 Å². The molecular formula is C22H39NO2. The van der Waals surface area contributed by atoms with Crippen LogP contribution in [-0.2, 0) is 9.59 Å². The Morgan fingerprint density at radius 1 is 0.920 bits per heavy atom. The van der Waals surface area contributed by atoms with Gasteiger partial charge in [0.2, 0.25) is 11.8 Å². The van der Waals surface area contributed by atoms with E-state index in [2.05, 4.69) is 18.3 Å². The molecule has 25 heavy (non-hydrogen) atoms. The molecule has 1 fully saturated rings. The van der Waals surface area contributed by atoms with Gasteiger partial charge in [-0.3, -0.25) is 14.9 Å². The zero-order chi connectivity index (χ0) is 18.3. The molecule has 2 atom stereocenters. The maximum Gasteiger partial charge on any atom is 0.230 e. The third-order valence-electron chi connectivity index (χ3n) is 5.35. The summed E-state index contributed by atoms with van der Waals surface area (Å²) in [6.07, 6.45) is 21.7. The van der Waals surface area contributed by atoms with Crippen molar-refractivity contribution in [3.05, 3.63) is 12.2 Å². The molecule has 0 aromatic rings. The van der Waals surface area contributed by atoms with Crippen LogP contribution in [0.1, 0.15) is 104 Å². The zero-order valence-electron chi connectivity index (χ0n) is 16.5. The summed E-state index contributed by atoms with van der Waals surface area (Å²) in [5.74, 6) is -0.109. The molecule has 0 saturated carbocycles. The fourth-order valence-corrected chi connectivity index (χ4v) is 3.82. The molecule has 1 heterocycles. The van der Waals surface area contributed by atoms with Gasteiger partial charge in [-0.1, -0.05) is 96.1 Å². The molecule has 1 saturated heterocycles. The molecule has 0 radical (unpaired) electrons. The number of rotatable bonds is 15. The van der Waals surface area contributed by atoms with Crippen LogP contribution in [0.5, 0.6) is 0 Å². The minimum Gasteiger partial charge on any atom is -0.296 e. The topological polar surface area (TPSA) is 46.2 Å². The second-order valence-corrected chi connectivity index (χ2v) is 7.59. The fourth-order valence-electron chi connectivity index (χ4n) is 3.82. The molecule has 0 aromatic carbocycles. The number of unbranched alkanes of at least 4 members (excludes halogenated alkanes) is 11. The van der Waals surface area contributed by atoms with E-state index in [1.807, 2.05) is 13.0 Å². The maximum absolute atomic E-state index is 11.9. The summed E-state index contributed by atoms with van der Waals surface area (Å²) in [5, 5.41) is 2.44. The summed E-state index contributed by atoms with van der Waals surface area (Å²) in [6, 6.07) is 0. The third kappa shape index (κ3) is 9.81. The molecule has 2 amide bonds. The van der Waals surface area contributed by atoms with Crippen LogP contribution >= 0.6 is 0 Å². The lowest BCUT2D eigenvalue weighted by Crippen LogP contribution is -2.25. The van der Waals surface area contributed by atoms with Crippen LogP contribution in [0.4, 0.5) is 0 Å². The van der Waals surface area contributed by atoms with Gasteiger partial charge in [0.1, 0.15) is 0 Å². The molecule has 3 nitrogen and oxygen atoms in total. The first-order valence-corrected chi connectivity index (χ1v) is 10.7. The Morgan fingerprint density at radius 3 is 1.88 bits per heavy atom. The molecule has 1 N–H and O–H groups in total. The van der Waals surface area contributed by atoms with Crippen molar-refractivity contribution >= 4 is 11.8 Å². The average molecular weight is 350 g/mol. The Balaban J connectivity index is 2.02. The van der Waals surface area contributed by atoms with E-state index in [0.717, 1.165) is 12.8 Å². The molecule has 0 bridgehead atoms. The minimum atomic E-state index is -0.142. The Kier molecular flexibility index (Phi) is 12.4. The van der Waals surface area contributed by atoms with Gasteiger partial charge in [-0.15, -0.1) is 0 Å². The second-order valence-electron chi connectivity index (χ2n) is 7.59. The second kappa shape index (κ2) is 14.1. The van der Waals surface area contributed by atoms with Gasteiger partial charge in [-0.2, -0.15) is 0 Å². The van der Waals surface area contributed by atoms with Gasteiger partial charge in [0, 0.05) is 6.42 Å². The summed E-state index contributed by atoms with van der Waals surface area (Å²) in [7, 11) is 0. The first-order chi connectivity index (χ1) is 12.2. The number of hydrogen-bond acceptors (Lipinski definition) is 2. The SMILES string of the molecule is C/C=C/C(CCCCCCCCCCCCCC)C1CC(=O)NC1=O. The van der Waals surface area contributed by atoms with Crippen molar-refractivity contribution in [3.63, 3.8) is 0 Å². The first-order valence-electron chi connectivity index (χ1n) is 10.7. The van der Waals surface area contributed by atoms with Crippen molar-refractivity contribution in [1.29, 1.82) is 0 Å². The highest BCUT2D eigenvalue weighted by Gasteiger charge is 2.35. The quantitative estimate of drug-likeness (QED) is 0.226. The molecule has 0 spiro atoms. The fraction of sp³-hybridized carbons (Fsp3) is 0.818. The Labute approximate surface area is 155 Å². The van der Waals surface area contributed by atoms with Crippen molar-refractivity contribution in [2.24, 2.45) is 11.8 Å². The molecule has 1 aliphatic rings. The van der Waals surface area contributed by atoms with Crippen LogP contribution in [0.2, 0.25) is 0 Å². The largest absolute Gasteiger partial charge is 0.296 e. The van der Waals surface area contributed by atoms with Crippen molar-refractivity contribution in [1.82, 2.24) is 5.32 Å². The normalized spacial score (nSPS) is 18.9. The number of allylic oxidation sites excluding steroid dienone is 2. The number of nitrogens with one attached hydrogen (secondary N) is 1. The highest BCUT2D eigenvalue weighted by molar-refractivity contribution is 6.03. The van der Waals surface area contributed by atoms with E-state index in [1.54, 1.807) is 0 Å². The molecule has 144 valence electrons. The van der Waals surface area contributed by atoms with Crippen LogP contribution in [-0.4, -0.2) is 11.8 Å². The monoisotopic (exact) mass is 349 g/mol. The van der Waals surface area contributed by atoms with E-state index in [1.165, 1.54) is 70.6 Å². The lowest BCUT2D eigenvalue weighted by Gasteiger charge is -2.17. The number of carbonyl (C=O) groups excluding carboxylic acids is 2. The molecule has 3 heteroatoms. The molecule has 0 aliphatic carbocycles. The highest BCUT2D eigenvalue weighted by atomic mass is 16.2. The number of carbonyl (C=O) groups is 2. The maximum atomic E-state index is 11.9. The van der Waals surface area contributed by atoms with Crippen LogP contribution in [0.25, 0.3) is 0 Å². The van der Waals surface area contributed by atoms with E-state index >= 15 is 0 Å². The summed E-state index contributed by atoms with van der Waals surface area (Å²) in [5.41, 5.74) is 0. The molecule has 2 unspecified atom stereocenters. The number of hydrogen-bond donors (Lipinski definition) is 1. The van der Waals surface area contributed by atoms with E-state index in [4.69, 9.17) is 0 Å². The van der Waals surface area contributed by atoms with Crippen molar-refractivity contribution in [2.75, 3.05) is 0 Å². The lowest BCUT2D eigenvalue weighted by molar-refractivity contribution is -0.126.